The van der Waals surface area contributed by atoms with Crippen LogP contribution in [0.1, 0.15) is 23.1 Å². The first-order valence-electron chi connectivity index (χ1n) is 7.53. The Morgan fingerprint density at radius 2 is 1.78 bits per heavy atom. The molecule has 118 valence electrons. The maximum Gasteiger partial charge on any atom is 0.275 e. The zero-order valence-electron chi connectivity index (χ0n) is 12.6. The molecule has 0 aliphatic rings. The largest absolute Gasteiger partial charge is 0.467 e. The molecular weight excluding hydrogens is 292 g/mol. The summed E-state index contributed by atoms with van der Waals surface area (Å²) in [7, 11) is 0. The van der Waals surface area contributed by atoms with Crippen molar-refractivity contribution in [3.05, 3.63) is 84.2 Å². The number of hydrogen-bond donors (Lipinski definition) is 2. The first kappa shape index (κ1) is 15.1. The number of quaternary nitrogens is 1. The number of nitrogens with two attached hydrogens (primary N) is 1. The standard InChI is InChI=1S/C18H18N2O3/c21-17(19-12-15-8-4-10-22-15)13-20-18(16-9-5-11-23-16)14-6-2-1-3-7-14/h1-11,18,20H,12-13H2,(H,19,21)/p+1/t18-/m1/s1. The number of amides is 1. The van der Waals surface area contributed by atoms with Crippen molar-refractivity contribution in [2.75, 3.05) is 6.54 Å². The summed E-state index contributed by atoms with van der Waals surface area (Å²) >= 11 is 0. The highest BCUT2D eigenvalue weighted by Crippen LogP contribution is 2.18. The minimum Gasteiger partial charge on any atom is -0.467 e. The van der Waals surface area contributed by atoms with E-state index in [4.69, 9.17) is 8.83 Å². The monoisotopic (exact) mass is 311 g/mol. The normalized spacial score (nSPS) is 12.0. The molecule has 23 heavy (non-hydrogen) atoms. The molecule has 0 radical (unpaired) electrons. The van der Waals surface area contributed by atoms with Crippen molar-refractivity contribution in [2.24, 2.45) is 0 Å². The maximum atomic E-state index is 12.0. The predicted molar refractivity (Wildman–Crippen MR) is 84.3 cm³/mol. The van der Waals surface area contributed by atoms with Crippen LogP contribution in [-0.2, 0) is 11.3 Å². The average Bonchev–Trinajstić information content (AvgIpc) is 3.28. The van der Waals surface area contributed by atoms with E-state index in [1.165, 1.54) is 0 Å². The van der Waals surface area contributed by atoms with Crippen molar-refractivity contribution in [3.8, 4) is 0 Å². The lowest BCUT2D eigenvalue weighted by atomic mass is 10.0. The molecule has 0 saturated heterocycles. The van der Waals surface area contributed by atoms with Gasteiger partial charge in [-0.05, 0) is 24.3 Å². The van der Waals surface area contributed by atoms with E-state index in [-0.39, 0.29) is 11.9 Å². The minimum atomic E-state index is -0.0473. The summed E-state index contributed by atoms with van der Waals surface area (Å²) in [6, 6.07) is 17.4. The van der Waals surface area contributed by atoms with Crippen LogP contribution >= 0.6 is 0 Å². The van der Waals surface area contributed by atoms with Crippen LogP contribution < -0.4 is 10.6 Å². The summed E-state index contributed by atoms with van der Waals surface area (Å²) in [5.41, 5.74) is 1.10. The molecule has 3 N–H and O–H groups in total. The van der Waals surface area contributed by atoms with Gasteiger partial charge in [0.2, 0.25) is 0 Å². The summed E-state index contributed by atoms with van der Waals surface area (Å²) in [5.74, 6) is 1.52. The minimum absolute atomic E-state index is 0.0411. The van der Waals surface area contributed by atoms with Crippen molar-refractivity contribution >= 4 is 5.91 Å². The van der Waals surface area contributed by atoms with Crippen LogP contribution in [0.15, 0.2) is 76.0 Å². The van der Waals surface area contributed by atoms with Gasteiger partial charge < -0.3 is 19.5 Å². The van der Waals surface area contributed by atoms with Crippen LogP contribution in [0.2, 0.25) is 0 Å². The van der Waals surface area contributed by atoms with Gasteiger partial charge in [-0.3, -0.25) is 4.79 Å². The highest BCUT2D eigenvalue weighted by Gasteiger charge is 2.21. The molecule has 1 atom stereocenters. The summed E-state index contributed by atoms with van der Waals surface area (Å²) in [5, 5.41) is 4.81. The smallest absolute Gasteiger partial charge is 0.275 e. The first-order valence-corrected chi connectivity index (χ1v) is 7.53. The lowest BCUT2D eigenvalue weighted by Crippen LogP contribution is -2.87. The zero-order valence-corrected chi connectivity index (χ0v) is 12.6. The molecule has 0 saturated carbocycles. The fourth-order valence-corrected chi connectivity index (χ4v) is 2.44. The van der Waals surface area contributed by atoms with Crippen LogP contribution in [0.25, 0.3) is 0 Å². The van der Waals surface area contributed by atoms with Gasteiger partial charge in [-0.1, -0.05) is 30.3 Å². The van der Waals surface area contributed by atoms with Gasteiger partial charge in [0.15, 0.2) is 18.3 Å². The van der Waals surface area contributed by atoms with Crippen LogP contribution in [0, 0.1) is 0 Å². The Kier molecular flexibility index (Phi) is 4.91. The number of carbonyl (C=O) groups excluding carboxylic acids is 1. The average molecular weight is 311 g/mol. The molecule has 1 aromatic carbocycles. The van der Waals surface area contributed by atoms with Gasteiger partial charge >= 0.3 is 0 Å². The topological polar surface area (TPSA) is 72.0 Å². The van der Waals surface area contributed by atoms with E-state index in [0.717, 1.165) is 17.1 Å². The van der Waals surface area contributed by atoms with Crippen LogP contribution in [0.3, 0.4) is 0 Å². The maximum absolute atomic E-state index is 12.0. The highest BCUT2D eigenvalue weighted by atomic mass is 16.3. The Labute approximate surface area is 134 Å². The third kappa shape index (κ3) is 4.11. The second kappa shape index (κ2) is 7.47. The molecule has 0 bridgehead atoms. The number of benzene rings is 1. The summed E-state index contributed by atoms with van der Waals surface area (Å²) < 4.78 is 10.7. The Morgan fingerprint density at radius 3 is 2.48 bits per heavy atom. The second-order valence-corrected chi connectivity index (χ2v) is 5.20. The Morgan fingerprint density at radius 1 is 1.00 bits per heavy atom. The van der Waals surface area contributed by atoms with Crippen LogP contribution in [-0.4, -0.2) is 12.5 Å². The second-order valence-electron chi connectivity index (χ2n) is 5.20. The SMILES string of the molecule is O=C(C[NH2+][C@H](c1ccccc1)c1ccco1)NCc1ccco1. The molecule has 3 aromatic rings. The highest BCUT2D eigenvalue weighted by molar-refractivity contribution is 5.76. The van der Waals surface area contributed by atoms with Crippen molar-refractivity contribution in [1.82, 2.24) is 5.32 Å². The molecule has 0 fully saturated rings. The third-order valence-electron chi connectivity index (χ3n) is 3.59. The molecular formula is C18H19N2O3+. The van der Waals surface area contributed by atoms with Gasteiger partial charge in [0.25, 0.3) is 5.91 Å². The molecule has 2 heterocycles. The van der Waals surface area contributed by atoms with Crippen LogP contribution in [0.4, 0.5) is 0 Å². The number of carbonyl (C=O) groups is 1. The number of nitrogens with one attached hydrogen (secondary N) is 1. The Balaban J connectivity index is 1.59. The summed E-state index contributed by atoms with van der Waals surface area (Å²) in [6.45, 7) is 0.706. The lowest BCUT2D eigenvalue weighted by Gasteiger charge is -2.13. The Bertz CT molecular complexity index is 706. The van der Waals surface area contributed by atoms with Crippen molar-refractivity contribution < 1.29 is 18.9 Å². The number of hydrogen-bond acceptors (Lipinski definition) is 3. The fourth-order valence-electron chi connectivity index (χ4n) is 2.44. The molecule has 5 nitrogen and oxygen atoms in total. The van der Waals surface area contributed by atoms with E-state index < -0.39 is 0 Å². The van der Waals surface area contributed by atoms with Crippen LogP contribution in [0.5, 0.6) is 0 Å². The van der Waals surface area contributed by atoms with E-state index in [1.54, 1.807) is 18.6 Å². The fraction of sp³-hybridized carbons (Fsp3) is 0.167. The quantitative estimate of drug-likeness (QED) is 0.699. The lowest BCUT2D eigenvalue weighted by molar-refractivity contribution is -0.678. The van der Waals surface area contributed by atoms with Gasteiger partial charge in [0, 0.05) is 5.56 Å². The first-order chi connectivity index (χ1) is 11.3. The van der Waals surface area contributed by atoms with Gasteiger partial charge in [-0.25, -0.2) is 0 Å². The van der Waals surface area contributed by atoms with E-state index in [1.807, 2.05) is 53.8 Å². The number of furan rings is 2. The van der Waals surface area contributed by atoms with E-state index in [9.17, 15) is 4.79 Å². The van der Waals surface area contributed by atoms with E-state index in [0.29, 0.717) is 13.1 Å². The molecule has 5 heteroatoms. The van der Waals surface area contributed by atoms with Gasteiger partial charge in [0.1, 0.15) is 5.76 Å². The zero-order chi connectivity index (χ0) is 15.9. The molecule has 0 spiro atoms. The van der Waals surface area contributed by atoms with Gasteiger partial charge in [0.05, 0.1) is 19.1 Å². The molecule has 0 aliphatic heterocycles. The van der Waals surface area contributed by atoms with Crippen molar-refractivity contribution in [2.45, 2.75) is 12.6 Å². The molecule has 2 aromatic heterocycles. The predicted octanol–water partition coefficient (Wildman–Crippen LogP) is 1.84. The van der Waals surface area contributed by atoms with Gasteiger partial charge in [-0.15, -0.1) is 0 Å². The molecule has 0 unspecified atom stereocenters. The van der Waals surface area contributed by atoms with E-state index >= 15 is 0 Å². The Hall–Kier alpha value is -2.79. The molecule has 3 rings (SSSR count). The summed E-state index contributed by atoms with van der Waals surface area (Å²) in [6.07, 6.45) is 3.24. The summed E-state index contributed by atoms with van der Waals surface area (Å²) in [4.78, 5) is 12.0. The number of rotatable bonds is 7. The van der Waals surface area contributed by atoms with Crippen molar-refractivity contribution in [1.29, 1.82) is 0 Å². The third-order valence-corrected chi connectivity index (χ3v) is 3.59. The molecule has 1 amide bonds. The van der Waals surface area contributed by atoms with Gasteiger partial charge in [-0.2, -0.15) is 0 Å². The van der Waals surface area contributed by atoms with E-state index in [2.05, 4.69) is 5.32 Å². The molecule has 0 aliphatic carbocycles. The van der Waals surface area contributed by atoms with Crippen molar-refractivity contribution in [3.63, 3.8) is 0 Å².